The number of ketones is 1. The molecule has 0 saturated carbocycles. The van der Waals surface area contributed by atoms with Crippen LogP contribution in [0.2, 0.25) is 0 Å². The van der Waals surface area contributed by atoms with E-state index in [2.05, 4.69) is 217 Å². The van der Waals surface area contributed by atoms with Gasteiger partial charge in [-0.1, -0.05) is 188 Å². The number of hydrogen-bond donors (Lipinski definition) is 0. The van der Waals surface area contributed by atoms with Gasteiger partial charge in [-0.2, -0.15) is 0 Å². The van der Waals surface area contributed by atoms with E-state index in [4.69, 9.17) is 0 Å². The Bertz CT molecular complexity index is 3140. The Morgan fingerprint density at radius 3 is 1.39 bits per heavy atom. The molecule has 0 unspecified atom stereocenters. The molecule has 12 rings (SSSR count). The predicted molar refractivity (Wildman–Crippen MR) is 239 cm³/mol. The van der Waals surface area contributed by atoms with E-state index in [9.17, 15) is 0 Å². The van der Waals surface area contributed by atoms with E-state index in [1.807, 2.05) is 12.1 Å². The Labute approximate surface area is 343 Å². The summed E-state index contributed by atoms with van der Waals surface area (Å²) in [5.41, 5.74) is 16.5. The standard InChI is InChI=1S/C57H37NO/c59-55(39-31-33-47-46-26-12-15-29-50(46)57(51(47)35-39)48-27-13-10-24-44(48)45-25-11-14-28-49(45)57)40-32-34-54-52(36-40)56(41-19-3-1-4-20-41,42-21-5-2-6-22-42)43-23-9-7-17-38-18-8-16-30-53(38)58(54)37-43/h1-37H. The molecule has 1 aliphatic heterocycles. The number of para-hydroxylation sites is 1. The summed E-state index contributed by atoms with van der Waals surface area (Å²) in [7, 11) is 0. The number of nitrogens with zero attached hydrogens (tertiary/aromatic N) is 1. The number of rotatable bonds is 4. The van der Waals surface area contributed by atoms with E-state index in [1.54, 1.807) is 0 Å². The summed E-state index contributed by atoms with van der Waals surface area (Å²) >= 11 is 0. The Kier molecular flexibility index (Phi) is 7.24. The molecule has 2 heterocycles. The Morgan fingerprint density at radius 2 is 0.797 bits per heavy atom. The van der Waals surface area contributed by atoms with Crippen LogP contribution in [0.3, 0.4) is 0 Å². The molecule has 276 valence electrons. The molecule has 0 atom stereocenters. The van der Waals surface area contributed by atoms with Gasteiger partial charge in [-0.3, -0.25) is 4.79 Å². The van der Waals surface area contributed by atoms with E-state index in [0.29, 0.717) is 11.1 Å². The first-order chi connectivity index (χ1) is 29.2. The van der Waals surface area contributed by atoms with E-state index < -0.39 is 10.8 Å². The second-order valence-corrected chi connectivity index (χ2v) is 15.9. The fraction of sp³-hybridized carbons (Fsp3) is 0.0351. The van der Waals surface area contributed by atoms with Crippen LogP contribution in [-0.2, 0) is 10.8 Å². The predicted octanol–water partition coefficient (Wildman–Crippen LogP) is 13.0. The molecule has 0 fully saturated rings. The zero-order valence-electron chi connectivity index (χ0n) is 32.2. The van der Waals surface area contributed by atoms with Crippen LogP contribution in [0, 0.1) is 0 Å². The van der Waals surface area contributed by atoms with Crippen molar-refractivity contribution >= 4 is 16.7 Å². The minimum atomic E-state index is -0.713. The molecule has 2 nitrogen and oxygen atoms in total. The molecule has 2 bridgehead atoms. The van der Waals surface area contributed by atoms with Gasteiger partial charge in [0.05, 0.1) is 22.0 Å². The van der Waals surface area contributed by atoms with Crippen LogP contribution < -0.4 is 0 Å². The van der Waals surface area contributed by atoms with Gasteiger partial charge in [-0.15, -0.1) is 0 Å². The summed E-state index contributed by atoms with van der Waals surface area (Å²) < 4.78 is 2.31. The van der Waals surface area contributed by atoms with Crippen LogP contribution in [0.1, 0.15) is 60.4 Å². The second-order valence-electron chi connectivity index (χ2n) is 15.9. The van der Waals surface area contributed by atoms with Gasteiger partial charge < -0.3 is 4.57 Å². The molecule has 3 aliphatic rings. The van der Waals surface area contributed by atoms with Gasteiger partial charge >= 0.3 is 0 Å². The van der Waals surface area contributed by atoms with Gasteiger partial charge in [0.15, 0.2) is 5.78 Å². The van der Waals surface area contributed by atoms with Gasteiger partial charge in [0.1, 0.15) is 0 Å². The monoisotopic (exact) mass is 751 g/mol. The molecule has 2 heteroatoms. The van der Waals surface area contributed by atoms with Crippen molar-refractivity contribution in [1.29, 1.82) is 0 Å². The lowest BCUT2D eigenvalue weighted by molar-refractivity contribution is 0.103. The van der Waals surface area contributed by atoms with Gasteiger partial charge in [-0.05, 0) is 102 Å². The lowest BCUT2D eigenvalue weighted by atomic mass is 9.64. The van der Waals surface area contributed by atoms with Crippen molar-refractivity contribution < 1.29 is 4.79 Å². The van der Waals surface area contributed by atoms with Gasteiger partial charge in [0.25, 0.3) is 0 Å². The maximum atomic E-state index is 15.4. The molecular formula is C57H37NO. The molecule has 1 aromatic heterocycles. The lowest BCUT2D eigenvalue weighted by Crippen LogP contribution is -2.35. The third-order valence-corrected chi connectivity index (χ3v) is 13.2. The molecule has 59 heavy (non-hydrogen) atoms. The van der Waals surface area contributed by atoms with Crippen molar-refractivity contribution in [3.63, 3.8) is 0 Å². The zero-order chi connectivity index (χ0) is 39.1. The lowest BCUT2D eigenvalue weighted by Gasteiger charge is -2.41. The van der Waals surface area contributed by atoms with Crippen molar-refractivity contribution in [2.24, 2.45) is 0 Å². The minimum Gasteiger partial charge on any atom is -0.316 e. The summed E-state index contributed by atoms with van der Waals surface area (Å²) in [5.74, 6) is 0.000810. The highest BCUT2D eigenvalue weighted by atomic mass is 16.1. The van der Waals surface area contributed by atoms with Crippen molar-refractivity contribution in [2.75, 3.05) is 0 Å². The first kappa shape index (κ1) is 33.6. The zero-order valence-corrected chi connectivity index (χ0v) is 32.2. The van der Waals surface area contributed by atoms with Crippen molar-refractivity contribution in [3.8, 4) is 27.9 Å². The molecule has 0 N–H and O–H groups in total. The number of benzene rings is 8. The number of hydrogen-bond acceptors (Lipinski definition) is 1. The fourth-order valence-corrected chi connectivity index (χ4v) is 10.8. The van der Waals surface area contributed by atoms with Crippen molar-refractivity contribution in [1.82, 2.24) is 4.57 Å². The fourth-order valence-electron chi connectivity index (χ4n) is 10.8. The van der Waals surface area contributed by atoms with E-state index in [-0.39, 0.29) is 5.78 Å². The van der Waals surface area contributed by atoms with Crippen molar-refractivity contribution in [3.05, 3.63) is 280 Å². The molecule has 0 radical (unpaired) electrons. The quantitative estimate of drug-likeness (QED) is 0.164. The first-order valence-electron chi connectivity index (χ1n) is 20.4. The molecule has 2 aliphatic carbocycles. The molecule has 9 aromatic rings. The Morgan fingerprint density at radius 1 is 0.356 bits per heavy atom. The van der Waals surface area contributed by atoms with Crippen LogP contribution in [0.25, 0.3) is 38.8 Å². The SMILES string of the molecule is O=C(c1ccc2c(c1)C1(c3ccccc3-c3ccccc31)c1ccccc1-2)c1ccc2c(c1)C(c1ccccc1)(c1ccccc1)c1ccccc3ccccc3n-2c1. The third kappa shape index (κ3) is 4.54. The average molecular weight is 752 g/mol. The normalized spacial score (nSPS) is 14.1. The van der Waals surface area contributed by atoms with Gasteiger partial charge in [0, 0.05) is 17.3 Å². The number of fused-ring (bicyclic) bond motifs is 16. The van der Waals surface area contributed by atoms with E-state index in [1.165, 1.54) is 38.9 Å². The summed E-state index contributed by atoms with van der Waals surface area (Å²) in [6.07, 6.45) is 2.29. The highest BCUT2D eigenvalue weighted by molar-refractivity contribution is 6.10. The molecule has 8 aromatic carbocycles. The van der Waals surface area contributed by atoms with Crippen LogP contribution in [0.15, 0.2) is 225 Å². The largest absolute Gasteiger partial charge is 0.316 e. The maximum absolute atomic E-state index is 15.4. The molecule has 0 saturated heterocycles. The molecule has 1 spiro atoms. The van der Waals surface area contributed by atoms with Crippen LogP contribution in [0.4, 0.5) is 0 Å². The summed E-state index contributed by atoms with van der Waals surface area (Å²) in [4.78, 5) is 15.4. The minimum absolute atomic E-state index is 0.000810. The first-order valence-corrected chi connectivity index (χ1v) is 20.4. The van der Waals surface area contributed by atoms with Crippen LogP contribution in [-0.4, -0.2) is 10.4 Å². The summed E-state index contributed by atoms with van der Waals surface area (Å²) in [6.45, 7) is 0. The molecular weight excluding hydrogens is 715 g/mol. The smallest absolute Gasteiger partial charge is 0.193 e. The number of aromatic nitrogens is 1. The van der Waals surface area contributed by atoms with Crippen LogP contribution in [0.5, 0.6) is 0 Å². The van der Waals surface area contributed by atoms with Gasteiger partial charge in [0.2, 0.25) is 0 Å². The maximum Gasteiger partial charge on any atom is 0.193 e. The number of carbonyl (C=O) groups excluding carboxylic acids is 1. The topological polar surface area (TPSA) is 22.0 Å². The Hall–Kier alpha value is -7.55. The highest BCUT2D eigenvalue weighted by Crippen LogP contribution is 2.63. The summed E-state index contributed by atoms with van der Waals surface area (Å²) in [6, 6.07) is 77.9. The van der Waals surface area contributed by atoms with Crippen LogP contribution >= 0.6 is 0 Å². The second kappa shape index (κ2) is 12.7. The van der Waals surface area contributed by atoms with E-state index in [0.717, 1.165) is 44.4 Å². The summed E-state index contributed by atoms with van der Waals surface area (Å²) in [5, 5.41) is 1.12. The third-order valence-electron chi connectivity index (χ3n) is 13.2. The Balaban J connectivity index is 1.11. The highest BCUT2D eigenvalue weighted by Gasteiger charge is 2.51. The molecule has 0 amide bonds. The van der Waals surface area contributed by atoms with Gasteiger partial charge in [-0.25, -0.2) is 0 Å². The number of carbonyl (C=O) groups is 1. The van der Waals surface area contributed by atoms with Crippen molar-refractivity contribution in [2.45, 2.75) is 10.8 Å². The average Bonchev–Trinajstić information content (AvgIpc) is 3.80. The van der Waals surface area contributed by atoms with E-state index >= 15 is 4.79 Å².